The number of ether oxygens (including phenoxy) is 15. The SMILES string of the molecule is CO[C@]1(C)CC[C@@H](N(N)/C=C(\N)COCCOCCOCCNC(=O)CCC(CCC(=O)NCCOCCOCCOC/C(N)=C/N(N)[C@@H]2CCCO[C@@H]2OCCO)(CCC(=O)NCCOCCOCCOC/C(N)=C/N(N)[C@@H]2CC[C@@H]3CO[C@@H]2O3)NC(=O)CCCCCCCCCCC(=O)NCCN2C(=O)C=CC2=O)OC1. The zero-order chi connectivity index (χ0) is 81.6. The molecule has 4 saturated heterocycles. The Kier molecular flexibility index (Phi) is 50.1. The van der Waals surface area contributed by atoms with Crippen LogP contribution < -0.4 is 61.3 Å². The van der Waals surface area contributed by atoms with Gasteiger partial charge in [-0.25, -0.2) is 17.5 Å². The Balaban J connectivity index is 1.06. The van der Waals surface area contributed by atoms with Crippen molar-refractivity contribution >= 4 is 41.4 Å². The fraction of sp³-hybridized carbons (Fsp3) is 0.800. The van der Waals surface area contributed by atoms with E-state index < -0.39 is 11.8 Å². The van der Waals surface area contributed by atoms with Crippen molar-refractivity contribution < 1.29 is 110 Å². The second-order valence-electron chi connectivity index (χ2n) is 28.6. The molecule has 7 amide bonds. The van der Waals surface area contributed by atoms with E-state index >= 15 is 0 Å². The molecule has 0 spiro atoms. The van der Waals surface area contributed by atoms with Gasteiger partial charge in [-0.1, -0.05) is 38.5 Å². The molecule has 0 aromatic rings. The molecular formula is C75H135N15O23. The molecule has 648 valence electrons. The molecule has 0 aliphatic carbocycles. The van der Waals surface area contributed by atoms with E-state index in [4.69, 9.17) is 106 Å². The third kappa shape index (κ3) is 42.8. The standard InChI is InChI=1S/C75H135N15O23/c1-74(99-2)23-22-71(112-57-74)90(81)52-60(78)55-108-49-46-105-43-40-102-36-30-85-67(95)21-26-75(86-68(96)14-10-8-6-4-3-5-7-9-13-64(92)82-27-31-87-69(97)17-18-70(87)98,25-20-66(94)84-29-35-101-39-42-104-45-48-107-54-59(77)51-89(80)63-16-15-61-56-111-73(63)113-61)24-19-65(93)83-28-34-100-38-41-103-44-47-106-53-58(76)50-88(79)62-12-11-33-109-72(62)110-37-32-91/h17-18,50-52,61-63,71-73,91H,3-16,19-49,53-57,76-81H2,1-2H3,(H,82,92)(H,83,93)(H,84,94)(H,85,95)(H,86,96)/b58-50-,59-51-,60-52-/t61-,62-,63-,71+,72-,73-,74-,75?/m1/s1. The summed E-state index contributed by atoms with van der Waals surface area (Å²) < 4.78 is 85.3. The highest BCUT2D eigenvalue weighted by atomic mass is 16.7. The number of amides is 7. The number of unbranched alkanes of at least 4 members (excludes halogenated alkanes) is 7. The van der Waals surface area contributed by atoms with E-state index in [0.29, 0.717) is 69.2 Å². The fourth-order valence-corrected chi connectivity index (χ4v) is 12.8. The van der Waals surface area contributed by atoms with Gasteiger partial charge >= 0.3 is 0 Å². The largest absolute Gasteiger partial charge is 0.399 e. The minimum Gasteiger partial charge on any atom is -0.399 e. The van der Waals surface area contributed by atoms with Gasteiger partial charge in [0, 0.05) is 115 Å². The number of carbonyl (C=O) groups is 7. The van der Waals surface area contributed by atoms with Crippen molar-refractivity contribution in [1.29, 1.82) is 0 Å². The molecule has 0 radical (unpaired) electrons. The lowest BCUT2D eigenvalue weighted by Crippen LogP contribution is -2.50. The van der Waals surface area contributed by atoms with Crippen LogP contribution in [0.2, 0.25) is 0 Å². The average molecular weight is 1610 g/mol. The molecule has 0 aromatic heterocycles. The number of aliphatic hydroxyl groups excluding tert-OH is 1. The molecule has 5 aliphatic rings. The Bertz CT molecular complexity index is 2810. The Morgan fingerprint density at radius 3 is 1.43 bits per heavy atom. The fourth-order valence-electron chi connectivity index (χ4n) is 12.8. The van der Waals surface area contributed by atoms with Gasteiger partial charge in [-0.3, -0.25) is 43.5 Å². The van der Waals surface area contributed by atoms with Gasteiger partial charge in [-0.2, -0.15) is 0 Å². The molecule has 0 aromatic carbocycles. The normalized spacial score (nSPS) is 21.2. The highest BCUT2D eigenvalue weighted by molar-refractivity contribution is 6.12. The number of nitrogens with two attached hydrogens (primary N) is 6. The first kappa shape index (κ1) is 97.1. The molecule has 38 heteroatoms. The van der Waals surface area contributed by atoms with Crippen LogP contribution >= 0.6 is 0 Å². The predicted octanol–water partition coefficient (Wildman–Crippen LogP) is -0.491. The molecular weight excluding hydrogens is 1480 g/mol. The van der Waals surface area contributed by atoms with E-state index in [1.54, 1.807) is 25.7 Å². The van der Waals surface area contributed by atoms with Crippen LogP contribution in [0.5, 0.6) is 0 Å². The molecule has 2 bridgehead atoms. The van der Waals surface area contributed by atoms with Gasteiger partial charge in [0.1, 0.15) is 6.23 Å². The smallest absolute Gasteiger partial charge is 0.253 e. The zero-order valence-corrected chi connectivity index (χ0v) is 66.9. The summed E-state index contributed by atoms with van der Waals surface area (Å²) in [6.07, 6.45) is 18.1. The molecule has 0 saturated carbocycles. The minimum absolute atomic E-state index is 0.0434. The zero-order valence-electron chi connectivity index (χ0n) is 66.9. The lowest BCUT2D eigenvalue weighted by atomic mass is 9.82. The minimum atomic E-state index is -1.16. The highest BCUT2D eigenvalue weighted by Crippen LogP contribution is 2.31. The summed E-state index contributed by atoms with van der Waals surface area (Å²) in [6, 6.07) is -0.409. The first-order chi connectivity index (χ1) is 54.7. The second-order valence-corrected chi connectivity index (χ2v) is 28.6. The van der Waals surface area contributed by atoms with Crippen LogP contribution in [0.25, 0.3) is 0 Å². The first-order valence-electron chi connectivity index (χ1n) is 40.1. The van der Waals surface area contributed by atoms with Gasteiger partial charge in [-0.15, -0.1) is 0 Å². The van der Waals surface area contributed by atoms with E-state index in [2.05, 4.69) is 26.6 Å². The monoisotopic (exact) mass is 1610 g/mol. The molecule has 5 heterocycles. The maximum absolute atomic E-state index is 14.1. The Labute approximate surface area is 665 Å². The average Bonchev–Trinajstić information content (AvgIpc) is 1.69. The summed E-state index contributed by atoms with van der Waals surface area (Å²) in [7, 11) is 1.66. The Morgan fingerprint density at radius 2 is 0.965 bits per heavy atom. The van der Waals surface area contributed by atoms with Gasteiger partial charge in [0.2, 0.25) is 29.5 Å². The summed E-state index contributed by atoms with van der Waals surface area (Å²) in [5, 5.41) is 28.2. The summed E-state index contributed by atoms with van der Waals surface area (Å²) in [5.74, 6) is 16.6. The quantitative estimate of drug-likeness (QED) is 0.0158. The number of hydrogen-bond donors (Lipinski definition) is 12. The predicted molar refractivity (Wildman–Crippen MR) is 413 cm³/mol. The third-order valence-corrected chi connectivity index (χ3v) is 19.3. The van der Waals surface area contributed by atoms with Crippen molar-refractivity contribution in [2.75, 3.05) is 192 Å². The van der Waals surface area contributed by atoms with Gasteiger partial charge in [-0.05, 0) is 77.6 Å². The van der Waals surface area contributed by atoms with E-state index in [-0.39, 0.29) is 281 Å². The first-order valence-corrected chi connectivity index (χ1v) is 40.1. The molecule has 18 N–H and O–H groups in total. The van der Waals surface area contributed by atoms with Gasteiger partial charge in [0.15, 0.2) is 12.6 Å². The highest BCUT2D eigenvalue weighted by Gasteiger charge is 2.40. The van der Waals surface area contributed by atoms with Crippen molar-refractivity contribution in [3.8, 4) is 0 Å². The lowest BCUT2D eigenvalue weighted by Gasteiger charge is -2.39. The summed E-state index contributed by atoms with van der Waals surface area (Å²) in [4.78, 5) is 92.0. The van der Waals surface area contributed by atoms with E-state index in [0.717, 1.165) is 75.5 Å². The summed E-state index contributed by atoms with van der Waals surface area (Å²) in [6.45, 7) is 8.58. The number of hydrogen-bond acceptors (Lipinski definition) is 32. The van der Waals surface area contributed by atoms with Crippen LogP contribution in [0.15, 0.2) is 47.8 Å². The van der Waals surface area contributed by atoms with Crippen LogP contribution in [0.3, 0.4) is 0 Å². The molecule has 5 rings (SSSR count). The van der Waals surface area contributed by atoms with Gasteiger partial charge < -0.3 is 130 Å². The number of hydrazine groups is 3. The summed E-state index contributed by atoms with van der Waals surface area (Å²) >= 11 is 0. The number of nitrogens with one attached hydrogen (secondary N) is 5. The van der Waals surface area contributed by atoms with E-state index in [1.807, 2.05) is 6.92 Å². The number of carbonyl (C=O) groups excluding carboxylic acids is 7. The number of fused-ring (bicyclic) bond motifs is 2. The maximum atomic E-state index is 14.1. The number of imide groups is 1. The Hall–Kier alpha value is -6.51. The second kappa shape index (κ2) is 58.4. The van der Waals surface area contributed by atoms with Crippen LogP contribution in [-0.2, 0) is 105 Å². The molecule has 38 nitrogen and oxygen atoms in total. The van der Waals surface area contributed by atoms with Crippen LogP contribution in [-0.4, -0.2) is 306 Å². The van der Waals surface area contributed by atoms with E-state index in [1.165, 1.54) is 27.2 Å². The third-order valence-electron chi connectivity index (χ3n) is 19.3. The number of aliphatic hydroxyl groups is 1. The van der Waals surface area contributed by atoms with Crippen LogP contribution in [0.1, 0.15) is 148 Å². The lowest BCUT2D eigenvalue weighted by molar-refractivity contribution is -0.197. The van der Waals surface area contributed by atoms with Gasteiger partial charge in [0.05, 0.1) is 186 Å². The number of nitrogens with zero attached hydrogens (tertiary/aromatic N) is 4. The van der Waals surface area contributed by atoms with Crippen molar-refractivity contribution in [3.05, 3.63) is 47.8 Å². The molecule has 1 unspecified atom stereocenters. The number of methoxy groups -OCH3 is 1. The summed E-state index contributed by atoms with van der Waals surface area (Å²) in [5.41, 5.74) is 18.2. The molecule has 8 atom stereocenters. The molecule has 113 heavy (non-hydrogen) atoms. The topological polar surface area (TPSA) is 507 Å². The van der Waals surface area contributed by atoms with Crippen LogP contribution in [0.4, 0.5) is 0 Å². The maximum Gasteiger partial charge on any atom is 0.253 e. The van der Waals surface area contributed by atoms with Crippen molar-refractivity contribution in [2.45, 2.75) is 196 Å². The van der Waals surface area contributed by atoms with E-state index in [9.17, 15) is 38.7 Å². The van der Waals surface area contributed by atoms with Crippen molar-refractivity contribution in [3.63, 3.8) is 0 Å². The number of rotatable bonds is 67. The van der Waals surface area contributed by atoms with Crippen molar-refractivity contribution in [1.82, 2.24) is 46.5 Å². The van der Waals surface area contributed by atoms with Crippen molar-refractivity contribution in [2.24, 2.45) is 34.7 Å². The molecule has 5 aliphatic heterocycles. The van der Waals surface area contributed by atoms with Gasteiger partial charge in [0.25, 0.3) is 11.8 Å². The molecule has 4 fully saturated rings. The van der Waals surface area contributed by atoms with Crippen LogP contribution in [0, 0.1) is 0 Å². The Morgan fingerprint density at radius 1 is 0.531 bits per heavy atom.